The lowest BCUT2D eigenvalue weighted by Crippen LogP contribution is -2.49. The van der Waals surface area contributed by atoms with E-state index in [1.54, 1.807) is 15.9 Å². The highest BCUT2D eigenvalue weighted by atomic mass is 32.1. The molecule has 0 atom stereocenters. The van der Waals surface area contributed by atoms with E-state index < -0.39 is 4.92 Å². The van der Waals surface area contributed by atoms with Crippen LogP contribution in [0.3, 0.4) is 0 Å². The molecule has 0 radical (unpaired) electrons. The number of urea groups is 1. The molecule has 7 nitrogen and oxygen atoms in total. The Balaban J connectivity index is 1.67. The lowest BCUT2D eigenvalue weighted by atomic mass is 10.2. The number of hydrogen-bond donors (Lipinski definition) is 0. The van der Waals surface area contributed by atoms with Gasteiger partial charge in [-0.25, -0.2) is 9.78 Å². The van der Waals surface area contributed by atoms with Gasteiger partial charge in [0, 0.05) is 30.9 Å². The second-order valence-corrected chi connectivity index (χ2v) is 7.19. The fourth-order valence-electron chi connectivity index (χ4n) is 3.07. The zero-order chi connectivity index (χ0) is 18.3. The number of fused-ring (bicyclic) bond motifs is 1. The van der Waals surface area contributed by atoms with Crippen molar-refractivity contribution in [3.63, 3.8) is 0 Å². The molecule has 8 heteroatoms. The normalized spacial score (nSPS) is 14.9. The van der Waals surface area contributed by atoms with Gasteiger partial charge >= 0.3 is 6.03 Å². The lowest BCUT2D eigenvalue weighted by Gasteiger charge is -2.34. The number of rotatable bonds is 3. The smallest absolute Gasteiger partial charge is 0.294 e. The van der Waals surface area contributed by atoms with Crippen molar-refractivity contribution in [1.29, 1.82) is 0 Å². The van der Waals surface area contributed by atoms with Gasteiger partial charge in [-0.1, -0.05) is 23.5 Å². The van der Waals surface area contributed by atoms with E-state index in [9.17, 15) is 14.9 Å². The molecular formula is C18H16N4O3S. The number of benzene rings is 2. The van der Waals surface area contributed by atoms with E-state index in [4.69, 9.17) is 0 Å². The van der Waals surface area contributed by atoms with Crippen LogP contribution in [0.15, 0.2) is 42.5 Å². The SMILES string of the molecule is Cc1cccc(N2CCCN(c3nc4ccc([N+](=O)[O-])cc4s3)C2=O)c1. The summed E-state index contributed by atoms with van der Waals surface area (Å²) in [5.41, 5.74) is 2.66. The Hall–Kier alpha value is -3.00. The highest BCUT2D eigenvalue weighted by Crippen LogP contribution is 2.33. The summed E-state index contributed by atoms with van der Waals surface area (Å²) >= 11 is 1.30. The van der Waals surface area contributed by atoms with E-state index in [1.807, 2.05) is 31.2 Å². The Morgan fingerprint density at radius 1 is 1.15 bits per heavy atom. The number of non-ortho nitro benzene ring substituents is 1. The van der Waals surface area contributed by atoms with Crippen LogP contribution in [0.2, 0.25) is 0 Å². The number of aryl methyl sites for hydroxylation is 1. The van der Waals surface area contributed by atoms with E-state index in [2.05, 4.69) is 4.98 Å². The van der Waals surface area contributed by atoms with E-state index in [0.717, 1.165) is 17.7 Å². The first-order chi connectivity index (χ1) is 12.5. The number of nitro groups is 1. The molecule has 1 aromatic heterocycles. The maximum atomic E-state index is 13.0. The van der Waals surface area contributed by atoms with Gasteiger partial charge in [0.2, 0.25) is 0 Å². The van der Waals surface area contributed by atoms with Crippen LogP contribution >= 0.6 is 11.3 Å². The van der Waals surface area contributed by atoms with Crippen molar-refractivity contribution in [3.05, 3.63) is 58.1 Å². The van der Waals surface area contributed by atoms with Crippen molar-refractivity contribution in [2.75, 3.05) is 22.9 Å². The summed E-state index contributed by atoms with van der Waals surface area (Å²) in [5.74, 6) is 0. The zero-order valence-electron chi connectivity index (χ0n) is 14.1. The second-order valence-electron chi connectivity index (χ2n) is 6.18. The average molecular weight is 368 g/mol. The fraction of sp³-hybridized carbons (Fsp3) is 0.222. The van der Waals surface area contributed by atoms with Gasteiger partial charge in [0.1, 0.15) is 0 Å². The first kappa shape index (κ1) is 16.5. The monoisotopic (exact) mass is 368 g/mol. The number of carbonyl (C=O) groups excluding carboxylic acids is 1. The third-order valence-corrected chi connectivity index (χ3v) is 5.38. The predicted octanol–water partition coefficient (Wildman–Crippen LogP) is 4.35. The lowest BCUT2D eigenvalue weighted by molar-refractivity contribution is -0.384. The van der Waals surface area contributed by atoms with E-state index in [1.165, 1.54) is 23.5 Å². The molecule has 2 amide bonds. The zero-order valence-corrected chi connectivity index (χ0v) is 14.9. The molecule has 1 aliphatic rings. The molecule has 0 bridgehead atoms. The summed E-state index contributed by atoms with van der Waals surface area (Å²) < 4.78 is 0.703. The van der Waals surface area contributed by atoms with E-state index in [-0.39, 0.29) is 11.7 Å². The molecule has 1 aliphatic heterocycles. The van der Waals surface area contributed by atoms with Gasteiger partial charge in [0.25, 0.3) is 5.69 Å². The first-order valence-electron chi connectivity index (χ1n) is 8.23. The van der Waals surface area contributed by atoms with Crippen LogP contribution in [0.5, 0.6) is 0 Å². The minimum absolute atomic E-state index is 0.0269. The molecule has 2 aromatic carbocycles. The molecule has 0 aliphatic carbocycles. The maximum absolute atomic E-state index is 13.0. The summed E-state index contributed by atoms with van der Waals surface area (Å²) in [4.78, 5) is 31.4. The molecule has 1 fully saturated rings. The van der Waals surface area contributed by atoms with Crippen LogP contribution in [0, 0.1) is 17.0 Å². The third kappa shape index (κ3) is 2.88. The van der Waals surface area contributed by atoms with Crippen molar-refractivity contribution in [1.82, 2.24) is 4.98 Å². The fourth-order valence-corrected chi connectivity index (χ4v) is 4.09. The quantitative estimate of drug-likeness (QED) is 0.508. The van der Waals surface area contributed by atoms with E-state index >= 15 is 0 Å². The van der Waals surface area contributed by atoms with Crippen LogP contribution in [-0.4, -0.2) is 29.0 Å². The molecule has 4 rings (SSSR count). The van der Waals surface area contributed by atoms with Crippen molar-refractivity contribution in [3.8, 4) is 0 Å². The number of hydrogen-bond acceptors (Lipinski definition) is 5. The Morgan fingerprint density at radius 2 is 1.96 bits per heavy atom. The highest BCUT2D eigenvalue weighted by molar-refractivity contribution is 7.22. The average Bonchev–Trinajstić information content (AvgIpc) is 3.04. The van der Waals surface area contributed by atoms with Crippen LogP contribution < -0.4 is 9.80 Å². The molecule has 0 spiro atoms. The van der Waals surface area contributed by atoms with Gasteiger partial charge in [-0.3, -0.25) is 19.9 Å². The molecule has 0 unspecified atom stereocenters. The van der Waals surface area contributed by atoms with Crippen LogP contribution in [0.1, 0.15) is 12.0 Å². The maximum Gasteiger partial charge on any atom is 0.330 e. The number of aromatic nitrogens is 1. The van der Waals surface area contributed by atoms with E-state index in [0.29, 0.717) is 28.4 Å². The van der Waals surface area contributed by atoms with Gasteiger partial charge in [-0.15, -0.1) is 0 Å². The Morgan fingerprint density at radius 3 is 2.73 bits per heavy atom. The van der Waals surface area contributed by atoms with Gasteiger partial charge in [0.05, 0.1) is 15.1 Å². The number of nitrogens with zero attached hydrogens (tertiary/aromatic N) is 4. The van der Waals surface area contributed by atoms with Crippen LogP contribution in [0.4, 0.5) is 21.3 Å². The van der Waals surface area contributed by atoms with Gasteiger partial charge in [-0.05, 0) is 37.1 Å². The van der Waals surface area contributed by atoms with Crippen LogP contribution in [0.25, 0.3) is 10.2 Å². The molecule has 3 aromatic rings. The minimum Gasteiger partial charge on any atom is -0.294 e. The summed E-state index contributed by atoms with van der Waals surface area (Å²) in [7, 11) is 0. The van der Waals surface area contributed by atoms with Crippen molar-refractivity contribution in [2.45, 2.75) is 13.3 Å². The Labute approximate surface area is 153 Å². The largest absolute Gasteiger partial charge is 0.330 e. The molecule has 1 saturated heterocycles. The molecule has 0 saturated carbocycles. The van der Waals surface area contributed by atoms with Crippen molar-refractivity contribution >= 4 is 44.1 Å². The topological polar surface area (TPSA) is 79.6 Å². The highest BCUT2D eigenvalue weighted by Gasteiger charge is 2.30. The predicted molar refractivity (Wildman–Crippen MR) is 102 cm³/mol. The van der Waals surface area contributed by atoms with Gasteiger partial charge < -0.3 is 0 Å². The third-order valence-electron chi connectivity index (χ3n) is 4.34. The molecule has 2 heterocycles. The van der Waals surface area contributed by atoms with Crippen LogP contribution in [-0.2, 0) is 0 Å². The van der Waals surface area contributed by atoms with Gasteiger partial charge in [0.15, 0.2) is 5.13 Å². The molecular weight excluding hydrogens is 352 g/mol. The standard InChI is InChI=1S/C18H16N4O3S/c1-12-4-2-5-13(10-12)20-8-3-9-21(18(20)23)17-19-15-7-6-14(22(24)25)11-16(15)26-17/h2,4-7,10-11H,3,8-9H2,1H3. The first-order valence-corrected chi connectivity index (χ1v) is 9.05. The number of anilines is 2. The Bertz CT molecular complexity index is 1020. The van der Waals surface area contributed by atoms with Crippen molar-refractivity contribution in [2.24, 2.45) is 0 Å². The molecule has 0 N–H and O–H groups in total. The second kappa shape index (κ2) is 6.38. The Kier molecular flexibility index (Phi) is 4.04. The number of nitro benzene ring substituents is 1. The number of amides is 2. The summed E-state index contributed by atoms with van der Waals surface area (Å²) in [5, 5.41) is 11.5. The van der Waals surface area contributed by atoms with Crippen molar-refractivity contribution < 1.29 is 9.72 Å². The van der Waals surface area contributed by atoms with Gasteiger partial charge in [-0.2, -0.15) is 0 Å². The summed E-state index contributed by atoms with van der Waals surface area (Å²) in [6, 6.07) is 12.3. The minimum atomic E-state index is -0.426. The molecule has 26 heavy (non-hydrogen) atoms. The summed E-state index contributed by atoms with van der Waals surface area (Å²) in [6.07, 6.45) is 0.829. The summed E-state index contributed by atoms with van der Waals surface area (Å²) in [6.45, 7) is 3.24. The molecule has 132 valence electrons. The number of thiazole rings is 1. The number of carbonyl (C=O) groups is 1.